The molecule has 2 N–H and O–H groups in total. The Morgan fingerprint density at radius 2 is 1.84 bits per heavy atom. The Bertz CT molecular complexity index is 563. The average molecular weight is 255 g/mol. The number of nitrogens with one attached hydrogen (secondary N) is 1. The van der Waals surface area contributed by atoms with Crippen LogP contribution >= 0.6 is 0 Å². The van der Waals surface area contributed by atoms with Crippen molar-refractivity contribution >= 4 is 5.69 Å². The summed E-state index contributed by atoms with van der Waals surface area (Å²) in [5.74, 6) is 0. The summed E-state index contributed by atoms with van der Waals surface area (Å²) in [7, 11) is 0. The first-order chi connectivity index (χ1) is 9.10. The molecule has 0 aliphatic rings. The van der Waals surface area contributed by atoms with Crippen LogP contribution in [-0.4, -0.2) is 5.11 Å². The van der Waals surface area contributed by atoms with E-state index in [-0.39, 0.29) is 12.6 Å². The zero-order valence-electron chi connectivity index (χ0n) is 11.8. The van der Waals surface area contributed by atoms with Gasteiger partial charge in [-0.3, -0.25) is 0 Å². The van der Waals surface area contributed by atoms with Crippen molar-refractivity contribution in [1.82, 2.24) is 0 Å². The molecular weight excluding hydrogens is 234 g/mol. The molecule has 2 heteroatoms. The summed E-state index contributed by atoms with van der Waals surface area (Å²) in [6, 6.07) is 14.7. The lowest BCUT2D eigenvalue weighted by Gasteiger charge is -2.17. The molecule has 0 saturated carbocycles. The van der Waals surface area contributed by atoms with Crippen LogP contribution in [0.5, 0.6) is 0 Å². The molecule has 19 heavy (non-hydrogen) atoms. The molecule has 2 nitrogen and oxygen atoms in total. The van der Waals surface area contributed by atoms with E-state index in [0.717, 1.165) is 11.3 Å². The van der Waals surface area contributed by atoms with Crippen LogP contribution in [-0.2, 0) is 6.61 Å². The summed E-state index contributed by atoms with van der Waals surface area (Å²) >= 11 is 0. The Balaban J connectivity index is 2.15. The topological polar surface area (TPSA) is 32.3 Å². The molecule has 0 aliphatic heterocycles. The Morgan fingerprint density at radius 3 is 2.53 bits per heavy atom. The van der Waals surface area contributed by atoms with Crippen LogP contribution in [0.15, 0.2) is 42.5 Å². The summed E-state index contributed by atoms with van der Waals surface area (Å²) in [6.07, 6.45) is 0. The number of anilines is 1. The molecule has 2 aromatic rings. The minimum atomic E-state index is 0.0769. The predicted octanol–water partition coefficient (Wildman–Crippen LogP) is 3.97. The van der Waals surface area contributed by atoms with Gasteiger partial charge in [-0.05, 0) is 55.2 Å². The second-order valence-electron chi connectivity index (χ2n) is 5.07. The molecule has 0 spiro atoms. The lowest BCUT2D eigenvalue weighted by molar-refractivity contribution is 0.282. The van der Waals surface area contributed by atoms with E-state index in [1.807, 2.05) is 24.3 Å². The molecule has 0 fully saturated rings. The number of hydrogen-bond acceptors (Lipinski definition) is 2. The fourth-order valence-electron chi connectivity index (χ4n) is 2.13. The van der Waals surface area contributed by atoms with Crippen molar-refractivity contribution in [2.45, 2.75) is 33.4 Å². The Hall–Kier alpha value is -1.80. The first-order valence-electron chi connectivity index (χ1n) is 6.63. The average Bonchev–Trinajstić information content (AvgIpc) is 2.42. The maximum absolute atomic E-state index is 9.15. The maximum Gasteiger partial charge on any atom is 0.0682 e. The van der Waals surface area contributed by atoms with E-state index >= 15 is 0 Å². The van der Waals surface area contributed by atoms with Gasteiger partial charge < -0.3 is 10.4 Å². The predicted molar refractivity (Wildman–Crippen MR) is 80.3 cm³/mol. The van der Waals surface area contributed by atoms with Crippen molar-refractivity contribution < 1.29 is 5.11 Å². The molecule has 1 atom stereocenters. The number of aryl methyl sites for hydroxylation is 2. The van der Waals surface area contributed by atoms with Gasteiger partial charge in [0.15, 0.2) is 0 Å². The molecular formula is C17H21NO. The summed E-state index contributed by atoms with van der Waals surface area (Å²) in [4.78, 5) is 0. The minimum absolute atomic E-state index is 0.0769. The monoisotopic (exact) mass is 255 g/mol. The van der Waals surface area contributed by atoms with E-state index in [1.165, 1.54) is 16.7 Å². The Kier molecular flexibility index (Phi) is 4.23. The van der Waals surface area contributed by atoms with Gasteiger partial charge in [-0.1, -0.05) is 30.3 Å². The highest BCUT2D eigenvalue weighted by atomic mass is 16.3. The van der Waals surface area contributed by atoms with Crippen LogP contribution in [0.1, 0.15) is 35.2 Å². The summed E-state index contributed by atoms with van der Waals surface area (Å²) in [5, 5.41) is 12.6. The second-order valence-corrected chi connectivity index (χ2v) is 5.07. The largest absolute Gasteiger partial charge is 0.392 e. The fourth-order valence-corrected chi connectivity index (χ4v) is 2.13. The number of aliphatic hydroxyl groups is 1. The van der Waals surface area contributed by atoms with E-state index in [1.54, 1.807) is 0 Å². The quantitative estimate of drug-likeness (QED) is 0.866. The number of rotatable bonds is 4. The van der Waals surface area contributed by atoms with Crippen LogP contribution in [0.25, 0.3) is 0 Å². The summed E-state index contributed by atoms with van der Waals surface area (Å²) < 4.78 is 0. The molecule has 0 amide bonds. The zero-order chi connectivity index (χ0) is 13.8. The van der Waals surface area contributed by atoms with E-state index in [4.69, 9.17) is 5.11 Å². The highest BCUT2D eigenvalue weighted by Crippen LogP contribution is 2.22. The Morgan fingerprint density at radius 1 is 1.05 bits per heavy atom. The SMILES string of the molecule is Cc1ccc(C(C)Nc2cccc(CO)c2)cc1C. The third-order valence-corrected chi connectivity index (χ3v) is 3.52. The van der Waals surface area contributed by atoms with Gasteiger partial charge in [-0.15, -0.1) is 0 Å². The number of benzene rings is 2. The standard InChI is InChI=1S/C17H21NO/c1-12-7-8-16(9-13(12)2)14(3)18-17-6-4-5-15(10-17)11-19/h4-10,14,18-19H,11H2,1-3H3. The van der Waals surface area contributed by atoms with Crippen LogP contribution in [0.2, 0.25) is 0 Å². The van der Waals surface area contributed by atoms with Crippen molar-refractivity contribution in [2.75, 3.05) is 5.32 Å². The van der Waals surface area contributed by atoms with Gasteiger partial charge in [-0.2, -0.15) is 0 Å². The molecule has 2 aromatic carbocycles. The lowest BCUT2D eigenvalue weighted by Crippen LogP contribution is -2.07. The molecule has 0 aliphatic carbocycles. The minimum Gasteiger partial charge on any atom is -0.392 e. The van der Waals surface area contributed by atoms with Crippen LogP contribution in [0.3, 0.4) is 0 Å². The normalized spacial score (nSPS) is 12.2. The first-order valence-corrected chi connectivity index (χ1v) is 6.63. The van der Waals surface area contributed by atoms with E-state index in [9.17, 15) is 0 Å². The second kappa shape index (κ2) is 5.89. The molecule has 0 aromatic heterocycles. The molecule has 1 unspecified atom stereocenters. The van der Waals surface area contributed by atoms with Crippen molar-refractivity contribution in [1.29, 1.82) is 0 Å². The van der Waals surface area contributed by atoms with Crippen molar-refractivity contribution in [2.24, 2.45) is 0 Å². The first kappa shape index (κ1) is 13.6. The number of aliphatic hydroxyl groups excluding tert-OH is 1. The van der Waals surface area contributed by atoms with E-state index < -0.39 is 0 Å². The molecule has 2 rings (SSSR count). The van der Waals surface area contributed by atoms with Gasteiger partial charge in [0.05, 0.1) is 6.61 Å². The lowest BCUT2D eigenvalue weighted by atomic mass is 10.0. The molecule has 100 valence electrons. The highest BCUT2D eigenvalue weighted by molar-refractivity contribution is 5.48. The third-order valence-electron chi connectivity index (χ3n) is 3.52. The van der Waals surface area contributed by atoms with Crippen molar-refractivity contribution in [3.63, 3.8) is 0 Å². The highest BCUT2D eigenvalue weighted by Gasteiger charge is 2.06. The maximum atomic E-state index is 9.15. The summed E-state index contributed by atoms with van der Waals surface area (Å²) in [5.41, 5.74) is 5.88. The summed E-state index contributed by atoms with van der Waals surface area (Å²) in [6.45, 7) is 6.49. The third kappa shape index (κ3) is 3.36. The fraction of sp³-hybridized carbons (Fsp3) is 0.294. The van der Waals surface area contributed by atoms with Gasteiger partial charge in [-0.25, -0.2) is 0 Å². The van der Waals surface area contributed by atoms with Gasteiger partial charge >= 0.3 is 0 Å². The van der Waals surface area contributed by atoms with Crippen LogP contribution in [0, 0.1) is 13.8 Å². The molecule has 0 saturated heterocycles. The van der Waals surface area contributed by atoms with Gasteiger partial charge in [0.2, 0.25) is 0 Å². The van der Waals surface area contributed by atoms with Crippen molar-refractivity contribution in [3.8, 4) is 0 Å². The van der Waals surface area contributed by atoms with Crippen LogP contribution < -0.4 is 5.32 Å². The smallest absolute Gasteiger partial charge is 0.0682 e. The molecule has 0 heterocycles. The van der Waals surface area contributed by atoms with Gasteiger partial charge in [0.1, 0.15) is 0 Å². The Labute approximate surface area is 115 Å². The van der Waals surface area contributed by atoms with Crippen molar-refractivity contribution in [3.05, 3.63) is 64.7 Å². The van der Waals surface area contributed by atoms with E-state index in [2.05, 4.69) is 44.3 Å². The van der Waals surface area contributed by atoms with Gasteiger partial charge in [0.25, 0.3) is 0 Å². The molecule has 0 radical (unpaired) electrons. The van der Waals surface area contributed by atoms with Gasteiger partial charge in [0, 0.05) is 11.7 Å². The number of hydrogen-bond donors (Lipinski definition) is 2. The van der Waals surface area contributed by atoms with Crippen LogP contribution in [0.4, 0.5) is 5.69 Å². The molecule has 0 bridgehead atoms. The van der Waals surface area contributed by atoms with E-state index in [0.29, 0.717) is 0 Å². The zero-order valence-corrected chi connectivity index (χ0v) is 11.8.